The molecule has 1 amide bonds. The third kappa shape index (κ3) is 4.68. The molecule has 0 bridgehead atoms. The quantitative estimate of drug-likeness (QED) is 0.825. The van der Waals surface area contributed by atoms with E-state index in [9.17, 15) is 4.79 Å². The number of piperidine rings is 1. The number of hydrogen-bond acceptors (Lipinski definition) is 6. The number of rotatable bonds is 6. The zero-order valence-corrected chi connectivity index (χ0v) is 15.0. The molecule has 138 valence electrons. The zero-order chi connectivity index (χ0) is 17.7. The van der Waals surface area contributed by atoms with Gasteiger partial charge in [0.2, 0.25) is 11.8 Å². The second kappa shape index (κ2) is 8.12. The number of amides is 1. The Bertz CT molecular complexity index is 580. The zero-order valence-electron chi connectivity index (χ0n) is 15.0. The van der Waals surface area contributed by atoms with Gasteiger partial charge in [0.15, 0.2) is 0 Å². The van der Waals surface area contributed by atoms with E-state index >= 15 is 0 Å². The minimum Gasteiger partial charge on any atom is -0.481 e. The van der Waals surface area contributed by atoms with E-state index in [2.05, 4.69) is 21.3 Å². The number of methoxy groups -OCH3 is 1. The number of nitrogens with one attached hydrogen (secondary N) is 1. The lowest BCUT2D eigenvalue weighted by Crippen LogP contribution is -2.47. The van der Waals surface area contributed by atoms with E-state index < -0.39 is 0 Å². The van der Waals surface area contributed by atoms with Gasteiger partial charge in [-0.2, -0.15) is 0 Å². The molecule has 3 rings (SSSR count). The van der Waals surface area contributed by atoms with Gasteiger partial charge in [0.05, 0.1) is 25.4 Å². The summed E-state index contributed by atoms with van der Waals surface area (Å²) in [5.41, 5.74) is 1.02. The Labute approximate surface area is 148 Å². The molecule has 0 aromatic carbocycles. The molecule has 2 atom stereocenters. The monoisotopic (exact) mass is 349 g/mol. The lowest BCUT2D eigenvalue weighted by Gasteiger charge is -2.39. The molecule has 25 heavy (non-hydrogen) atoms. The van der Waals surface area contributed by atoms with Crippen LogP contribution in [0.4, 0.5) is 0 Å². The normalized spacial score (nSPS) is 26.7. The Morgan fingerprint density at radius 2 is 2.40 bits per heavy atom. The molecule has 2 saturated heterocycles. The molecule has 1 aromatic rings. The third-order valence-corrected chi connectivity index (χ3v) is 4.94. The number of nitrogens with zero attached hydrogens (tertiary/aromatic N) is 2. The fraction of sp³-hybridized carbons (Fsp3) is 0.667. The topological polar surface area (TPSA) is 72.9 Å². The summed E-state index contributed by atoms with van der Waals surface area (Å²) in [5, 5.41) is 2.57. The van der Waals surface area contributed by atoms with Gasteiger partial charge in [0.1, 0.15) is 6.61 Å². The van der Waals surface area contributed by atoms with Crippen LogP contribution >= 0.6 is 0 Å². The smallest absolute Gasteiger partial charge is 0.245 e. The van der Waals surface area contributed by atoms with Gasteiger partial charge in [0.25, 0.3) is 0 Å². The first-order valence-corrected chi connectivity index (χ1v) is 8.80. The van der Waals surface area contributed by atoms with E-state index in [4.69, 9.17) is 14.2 Å². The number of carbonyl (C=O) groups excluding carboxylic acids is 1. The summed E-state index contributed by atoms with van der Waals surface area (Å²) in [7, 11) is 3.24. The molecule has 2 aliphatic heterocycles. The molecule has 2 aliphatic rings. The number of hydrogen-bond donors (Lipinski definition) is 1. The van der Waals surface area contributed by atoms with Crippen LogP contribution in [0.3, 0.4) is 0 Å². The molecule has 1 aromatic heterocycles. The van der Waals surface area contributed by atoms with Gasteiger partial charge in [-0.15, -0.1) is 0 Å². The summed E-state index contributed by atoms with van der Waals surface area (Å²) in [4.78, 5) is 18.0. The molecule has 2 fully saturated rings. The first kappa shape index (κ1) is 18.1. The number of pyridine rings is 1. The Balaban J connectivity index is 1.53. The summed E-state index contributed by atoms with van der Waals surface area (Å²) >= 11 is 0. The Morgan fingerprint density at radius 1 is 1.52 bits per heavy atom. The lowest BCUT2D eigenvalue weighted by atomic mass is 9.89. The van der Waals surface area contributed by atoms with E-state index in [0.29, 0.717) is 12.5 Å². The van der Waals surface area contributed by atoms with Crippen molar-refractivity contribution in [1.82, 2.24) is 15.2 Å². The maximum absolute atomic E-state index is 11.3. The molecule has 1 N–H and O–H groups in total. The minimum absolute atomic E-state index is 0.0000897. The van der Waals surface area contributed by atoms with Crippen LogP contribution in [0, 0.1) is 0 Å². The van der Waals surface area contributed by atoms with Crippen molar-refractivity contribution >= 4 is 5.91 Å². The minimum atomic E-state index is -0.147. The number of ether oxygens (including phenoxy) is 3. The lowest BCUT2D eigenvalue weighted by molar-refractivity contribution is -0.127. The van der Waals surface area contributed by atoms with Crippen LogP contribution in [0.15, 0.2) is 18.3 Å². The third-order valence-electron chi connectivity index (χ3n) is 4.94. The van der Waals surface area contributed by atoms with Gasteiger partial charge in [-0.1, -0.05) is 6.07 Å². The highest BCUT2D eigenvalue weighted by Crippen LogP contribution is 2.36. The van der Waals surface area contributed by atoms with Crippen LogP contribution < -0.4 is 10.1 Å². The molecular weight excluding hydrogens is 322 g/mol. The van der Waals surface area contributed by atoms with Crippen LogP contribution in [-0.2, 0) is 20.8 Å². The van der Waals surface area contributed by atoms with Crippen LogP contribution in [-0.4, -0.2) is 68.0 Å². The fourth-order valence-corrected chi connectivity index (χ4v) is 3.67. The maximum Gasteiger partial charge on any atom is 0.245 e. The highest BCUT2D eigenvalue weighted by Gasteiger charge is 2.43. The SMILES string of the molecule is CNC(=O)CO[C@@H]1CO[C@]2(CCCN(Cc3ccc(OC)nc3)C2)C1. The Morgan fingerprint density at radius 3 is 3.12 bits per heavy atom. The fourth-order valence-electron chi connectivity index (χ4n) is 3.67. The van der Waals surface area contributed by atoms with Gasteiger partial charge in [-0.05, 0) is 24.9 Å². The standard InChI is InChI=1S/C18H27N3O4/c1-19-16(22)12-24-15-8-18(25-11-15)6-3-7-21(13-18)10-14-4-5-17(23-2)20-9-14/h4-5,9,15H,3,6-8,10-13H2,1-2H3,(H,19,22)/t15-,18+/m0/s1. The average molecular weight is 349 g/mol. The molecule has 0 radical (unpaired) electrons. The van der Waals surface area contributed by atoms with Gasteiger partial charge < -0.3 is 19.5 Å². The molecule has 0 aliphatic carbocycles. The largest absolute Gasteiger partial charge is 0.481 e. The summed E-state index contributed by atoms with van der Waals surface area (Å²) in [6.07, 6.45) is 4.86. The second-order valence-corrected chi connectivity index (χ2v) is 6.83. The van der Waals surface area contributed by atoms with E-state index in [1.54, 1.807) is 14.2 Å². The van der Waals surface area contributed by atoms with Gasteiger partial charge in [-0.3, -0.25) is 9.69 Å². The highest BCUT2D eigenvalue weighted by atomic mass is 16.6. The predicted molar refractivity (Wildman–Crippen MR) is 92.4 cm³/mol. The van der Waals surface area contributed by atoms with E-state index in [-0.39, 0.29) is 24.2 Å². The predicted octanol–water partition coefficient (Wildman–Crippen LogP) is 0.976. The molecule has 0 saturated carbocycles. The van der Waals surface area contributed by atoms with Crippen molar-refractivity contribution in [2.24, 2.45) is 0 Å². The van der Waals surface area contributed by atoms with Crippen molar-refractivity contribution in [1.29, 1.82) is 0 Å². The van der Waals surface area contributed by atoms with E-state index in [1.165, 1.54) is 5.56 Å². The summed E-state index contributed by atoms with van der Waals surface area (Å²) in [6.45, 7) is 3.46. The van der Waals surface area contributed by atoms with Crippen molar-refractivity contribution in [3.05, 3.63) is 23.9 Å². The van der Waals surface area contributed by atoms with Crippen molar-refractivity contribution in [3.63, 3.8) is 0 Å². The van der Waals surface area contributed by atoms with Crippen molar-refractivity contribution in [2.75, 3.05) is 40.5 Å². The van der Waals surface area contributed by atoms with Crippen molar-refractivity contribution < 1.29 is 19.0 Å². The first-order chi connectivity index (χ1) is 12.1. The van der Waals surface area contributed by atoms with E-state index in [0.717, 1.165) is 38.9 Å². The van der Waals surface area contributed by atoms with Gasteiger partial charge in [-0.25, -0.2) is 4.98 Å². The number of carbonyl (C=O) groups is 1. The number of aromatic nitrogens is 1. The summed E-state index contributed by atoms with van der Waals surface area (Å²) < 4.78 is 16.9. The molecule has 7 heteroatoms. The molecule has 7 nitrogen and oxygen atoms in total. The summed E-state index contributed by atoms with van der Waals surface area (Å²) in [6, 6.07) is 3.95. The number of likely N-dealkylation sites (N-methyl/N-ethyl adjacent to an activating group) is 1. The molecule has 0 unspecified atom stereocenters. The highest BCUT2D eigenvalue weighted by molar-refractivity contribution is 5.76. The summed E-state index contributed by atoms with van der Waals surface area (Å²) in [5.74, 6) is 0.535. The van der Waals surface area contributed by atoms with Crippen LogP contribution in [0.25, 0.3) is 0 Å². The van der Waals surface area contributed by atoms with Gasteiger partial charge >= 0.3 is 0 Å². The first-order valence-electron chi connectivity index (χ1n) is 8.80. The Hall–Kier alpha value is -1.70. The van der Waals surface area contributed by atoms with Gasteiger partial charge in [0, 0.05) is 38.8 Å². The second-order valence-electron chi connectivity index (χ2n) is 6.83. The van der Waals surface area contributed by atoms with Crippen LogP contribution in [0.1, 0.15) is 24.8 Å². The van der Waals surface area contributed by atoms with E-state index in [1.807, 2.05) is 12.3 Å². The van der Waals surface area contributed by atoms with Crippen molar-refractivity contribution in [3.8, 4) is 5.88 Å². The Kier molecular flexibility index (Phi) is 5.88. The molecule has 1 spiro atoms. The molecule has 3 heterocycles. The molecular formula is C18H27N3O4. The van der Waals surface area contributed by atoms with Crippen LogP contribution in [0.5, 0.6) is 5.88 Å². The number of likely N-dealkylation sites (tertiary alicyclic amines) is 1. The van der Waals surface area contributed by atoms with Crippen LogP contribution in [0.2, 0.25) is 0 Å². The average Bonchev–Trinajstić information content (AvgIpc) is 3.02. The van der Waals surface area contributed by atoms with Crippen molar-refractivity contribution in [2.45, 2.75) is 37.5 Å². The maximum atomic E-state index is 11.3.